The van der Waals surface area contributed by atoms with Crippen LogP contribution in [0.2, 0.25) is 0 Å². The highest BCUT2D eigenvalue weighted by atomic mass is 32.2. The molecule has 0 heterocycles. The first-order chi connectivity index (χ1) is 9.32. The SMILES string of the molecule is CC(C)(C(NN)c1ccc(F)c(C(F)(F)F)c1)S(C)(=O)=O. The Labute approximate surface area is 120 Å². The number of hydrazine groups is 1. The van der Waals surface area contributed by atoms with Crippen LogP contribution in [-0.2, 0) is 16.0 Å². The Bertz CT molecular complexity index is 627. The highest BCUT2D eigenvalue weighted by molar-refractivity contribution is 7.92. The van der Waals surface area contributed by atoms with Gasteiger partial charge in [0.25, 0.3) is 0 Å². The molecule has 4 nitrogen and oxygen atoms in total. The summed E-state index contributed by atoms with van der Waals surface area (Å²) in [4.78, 5) is 0. The number of halogens is 4. The Morgan fingerprint density at radius 3 is 2.14 bits per heavy atom. The monoisotopic (exact) mass is 328 g/mol. The van der Waals surface area contributed by atoms with Crippen molar-refractivity contribution in [3.63, 3.8) is 0 Å². The molecule has 0 saturated carbocycles. The first kappa shape index (κ1) is 17.9. The van der Waals surface area contributed by atoms with Gasteiger partial charge in [-0.2, -0.15) is 13.2 Å². The molecule has 0 bridgehead atoms. The number of alkyl halides is 3. The summed E-state index contributed by atoms with van der Waals surface area (Å²) in [5.41, 5.74) is 0.658. The second-order valence-corrected chi connectivity index (χ2v) is 7.81. The predicted molar refractivity (Wildman–Crippen MR) is 70.4 cm³/mol. The van der Waals surface area contributed by atoms with Crippen molar-refractivity contribution < 1.29 is 26.0 Å². The van der Waals surface area contributed by atoms with Crippen molar-refractivity contribution in [2.45, 2.75) is 30.8 Å². The van der Waals surface area contributed by atoms with Crippen molar-refractivity contribution in [3.05, 3.63) is 35.1 Å². The van der Waals surface area contributed by atoms with Gasteiger partial charge in [0, 0.05) is 6.26 Å². The van der Waals surface area contributed by atoms with Gasteiger partial charge in [-0.1, -0.05) is 6.07 Å². The van der Waals surface area contributed by atoms with Crippen molar-refractivity contribution in [2.24, 2.45) is 5.84 Å². The zero-order valence-electron chi connectivity index (χ0n) is 11.6. The smallest absolute Gasteiger partial charge is 0.271 e. The summed E-state index contributed by atoms with van der Waals surface area (Å²) in [6.07, 6.45) is -3.93. The van der Waals surface area contributed by atoms with E-state index >= 15 is 0 Å². The Balaban J connectivity index is 3.45. The second kappa shape index (κ2) is 5.54. The van der Waals surface area contributed by atoms with Crippen molar-refractivity contribution in [1.82, 2.24) is 5.43 Å². The second-order valence-electron chi connectivity index (χ2n) is 5.21. The van der Waals surface area contributed by atoms with E-state index in [1.165, 1.54) is 13.8 Å². The fraction of sp³-hybridized carbons (Fsp3) is 0.500. The summed E-state index contributed by atoms with van der Waals surface area (Å²) in [6, 6.07) is 1.14. The molecule has 1 rings (SSSR count). The van der Waals surface area contributed by atoms with E-state index in [2.05, 4.69) is 5.43 Å². The average Bonchev–Trinajstić information content (AvgIpc) is 2.28. The zero-order chi connectivity index (χ0) is 16.6. The Kier molecular flexibility index (Phi) is 4.71. The van der Waals surface area contributed by atoms with E-state index in [9.17, 15) is 26.0 Å². The third-order valence-corrected chi connectivity index (χ3v) is 5.59. The van der Waals surface area contributed by atoms with Gasteiger partial charge in [0.05, 0.1) is 16.4 Å². The van der Waals surface area contributed by atoms with Crippen molar-refractivity contribution in [1.29, 1.82) is 0 Å². The maximum atomic E-state index is 13.3. The molecular weight excluding hydrogens is 312 g/mol. The molecule has 0 aromatic heterocycles. The number of rotatable bonds is 4. The largest absolute Gasteiger partial charge is 0.419 e. The Morgan fingerprint density at radius 1 is 1.24 bits per heavy atom. The van der Waals surface area contributed by atoms with Crippen LogP contribution in [0.15, 0.2) is 18.2 Å². The van der Waals surface area contributed by atoms with E-state index in [0.717, 1.165) is 12.3 Å². The van der Waals surface area contributed by atoms with Crippen LogP contribution < -0.4 is 11.3 Å². The van der Waals surface area contributed by atoms with Gasteiger partial charge in [0.2, 0.25) is 0 Å². The van der Waals surface area contributed by atoms with E-state index in [4.69, 9.17) is 5.84 Å². The molecule has 0 spiro atoms. The van der Waals surface area contributed by atoms with E-state index < -0.39 is 38.2 Å². The van der Waals surface area contributed by atoms with E-state index in [-0.39, 0.29) is 5.56 Å². The summed E-state index contributed by atoms with van der Waals surface area (Å²) < 4.78 is 73.5. The van der Waals surface area contributed by atoms with E-state index in [1.807, 2.05) is 0 Å². The molecule has 0 radical (unpaired) electrons. The molecule has 9 heteroatoms. The highest BCUT2D eigenvalue weighted by Crippen LogP contribution is 2.36. The van der Waals surface area contributed by atoms with Gasteiger partial charge in [-0.25, -0.2) is 12.8 Å². The quantitative estimate of drug-likeness (QED) is 0.505. The van der Waals surface area contributed by atoms with Gasteiger partial charge in [0.1, 0.15) is 5.82 Å². The maximum absolute atomic E-state index is 13.3. The molecule has 1 atom stereocenters. The summed E-state index contributed by atoms with van der Waals surface area (Å²) in [5, 5.41) is 0. The normalized spacial score (nSPS) is 15.0. The van der Waals surface area contributed by atoms with Crippen LogP contribution in [0.4, 0.5) is 17.6 Å². The Hall–Kier alpha value is -1.19. The minimum atomic E-state index is -4.88. The molecule has 1 aromatic rings. The molecular formula is C12H16F4N2O2S. The van der Waals surface area contributed by atoms with Gasteiger partial charge in [0.15, 0.2) is 9.84 Å². The van der Waals surface area contributed by atoms with Gasteiger partial charge < -0.3 is 0 Å². The molecule has 0 aliphatic rings. The van der Waals surface area contributed by atoms with Crippen molar-refractivity contribution in [3.8, 4) is 0 Å². The number of hydrogen-bond donors (Lipinski definition) is 2. The standard InChI is InChI=1S/C12H16F4N2O2S/c1-11(2,21(3,19)20)10(18-17)7-4-5-9(13)8(6-7)12(14,15)16/h4-6,10,18H,17H2,1-3H3. The number of sulfone groups is 1. The average molecular weight is 328 g/mol. The molecule has 3 N–H and O–H groups in total. The van der Waals surface area contributed by atoms with Crippen LogP contribution >= 0.6 is 0 Å². The lowest BCUT2D eigenvalue weighted by Gasteiger charge is -2.32. The third-order valence-electron chi connectivity index (χ3n) is 3.45. The van der Waals surface area contributed by atoms with E-state index in [0.29, 0.717) is 12.1 Å². The number of hydrogen-bond acceptors (Lipinski definition) is 4. The molecule has 1 aromatic carbocycles. The summed E-state index contributed by atoms with van der Waals surface area (Å²) in [7, 11) is -3.64. The summed E-state index contributed by atoms with van der Waals surface area (Å²) in [6.45, 7) is 2.65. The topological polar surface area (TPSA) is 72.2 Å². The fourth-order valence-corrected chi connectivity index (χ4v) is 2.48. The molecule has 0 fully saturated rings. The van der Waals surface area contributed by atoms with Crippen LogP contribution in [-0.4, -0.2) is 19.4 Å². The lowest BCUT2D eigenvalue weighted by atomic mass is 9.94. The fourth-order valence-electron chi connectivity index (χ4n) is 1.85. The van der Waals surface area contributed by atoms with Crippen LogP contribution in [0.1, 0.15) is 31.0 Å². The van der Waals surface area contributed by atoms with Crippen LogP contribution in [0.5, 0.6) is 0 Å². The molecule has 120 valence electrons. The number of benzene rings is 1. The lowest BCUT2D eigenvalue weighted by Crippen LogP contribution is -2.47. The summed E-state index contributed by atoms with van der Waals surface area (Å²) >= 11 is 0. The first-order valence-corrected chi connectivity index (χ1v) is 7.74. The highest BCUT2D eigenvalue weighted by Gasteiger charge is 2.41. The molecule has 0 aliphatic heterocycles. The maximum Gasteiger partial charge on any atom is 0.419 e. The first-order valence-electron chi connectivity index (χ1n) is 5.84. The van der Waals surface area contributed by atoms with Gasteiger partial charge in [-0.05, 0) is 31.5 Å². The van der Waals surface area contributed by atoms with Crippen molar-refractivity contribution >= 4 is 9.84 Å². The predicted octanol–water partition coefficient (Wildman–Crippen LogP) is 2.17. The Morgan fingerprint density at radius 2 is 1.76 bits per heavy atom. The molecule has 0 saturated heterocycles. The molecule has 0 aliphatic carbocycles. The minimum Gasteiger partial charge on any atom is -0.271 e. The van der Waals surface area contributed by atoms with Gasteiger partial charge in [-0.15, -0.1) is 0 Å². The molecule has 1 unspecified atom stereocenters. The van der Waals surface area contributed by atoms with Crippen molar-refractivity contribution in [2.75, 3.05) is 6.26 Å². The van der Waals surface area contributed by atoms with Crippen LogP contribution in [0.3, 0.4) is 0 Å². The minimum absolute atomic E-state index is 0.0679. The summed E-state index contributed by atoms with van der Waals surface area (Å²) in [5.74, 6) is 3.86. The molecule has 0 amide bonds. The van der Waals surface area contributed by atoms with E-state index in [1.54, 1.807) is 0 Å². The number of nitrogens with two attached hydrogens (primary N) is 1. The zero-order valence-corrected chi connectivity index (χ0v) is 12.4. The molecule has 21 heavy (non-hydrogen) atoms. The van der Waals surface area contributed by atoms with Crippen LogP contribution in [0, 0.1) is 5.82 Å². The third kappa shape index (κ3) is 3.53. The van der Waals surface area contributed by atoms with Crippen LogP contribution in [0.25, 0.3) is 0 Å². The lowest BCUT2D eigenvalue weighted by molar-refractivity contribution is -0.140. The van der Waals surface area contributed by atoms with Gasteiger partial charge in [-0.3, -0.25) is 11.3 Å². The number of nitrogens with one attached hydrogen (secondary N) is 1. The van der Waals surface area contributed by atoms with Gasteiger partial charge >= 0.3 is 6.18 Å².